The van der Waals surface area contributed by atoms with Gasteiger partial charge in [-0.25, -0.2) is 9.97 Å². The third kappa shape index (κ3) is 4.56. The molecule has 0 saturated carbocycles. The van der Waals surface area contributed by atoms with Gasteiger partial charge in [0.05, 0.1) is 33.5 Å². The van der Waals surface area contributed by atoms with Gasteiger partial charge < -0.3 is 9.13 Å². The highest BCUT2D eigenvalue weighted by Gasteiger charge is 2.23. The van der Waals surface area contributed by atoms with Crippen molar-refractivity contribution < 1.29 is 0 Å². The van der Waals surface area contributed by atoms with Crippen LogP contribution in [0, 0.1) is 11.3 Å². The second kappa shape index (κ2) is 11.9. The molecule has 0 spiro atoms. The quantitative estimate of drug-likeness (QED) is 0.184. The average molecular weight is 664 g/mol. The summed E-state index contributed by atoms with van der Waals surface area (Å²) in [5.41, 5.74) is 11.0. The average Bonchev–Trinajstić information content (AvgIpc) is 3.74. The minimum Gasteiger partial charge on any atom is -0.309 e. The smallest absolute Gasteiger partial charge is 0.160 e. The Hall–Kier alpha value is -7.29. The van der Waals surface area contributed by atoms with E-state index in [0.717, 1.165) is 44.5 Å². The molecule has 0 N–H and O–H groups in total. The number of nitrogens with zero attached hydrogens (tertiary/aromatic N) is 5. The van der Waals surface area contributed by atoms with Crippen LogP contribution in [0.15, 0.2) is 176 Å². The normalized spacial score (nSPS) is 11.4. The Morgan fingerprint density at radius 2 is 0.962 bits per heavy atom. The minimum absolute atomic E-state index is 0.455. The lowest BCUT2D eigenvalue weighted by Crippen LogP contribution is -2.01. The van der Waals surface area contributed by atoms with Gasteiger partial charge in [0.25, 0.3) is 0 Å². The molecular weight excluding hydrogens is 635 g/mol. The highest BCUT2D eigenvalue weighted by molar-refractivity contribution is 6.26. The Morgan fingerprint density at radius 3 is 1.58 bits per heavy atom. The fourth-order valence-corrected chi connectivity index (χ4v) is 7.70. The van der Waals surface area contributed by atoms with E-state index in [9.17, 15) is 5.26 Å². The second-order valence-corrected chi connectivity index (χ2v) is 12.9. The van der Waals surface area contributed by atoms with Gasteiger partial charge >= 0.3 is 0 Å². The van der Waals surface area contributed by atoms with Gasteiger partial charge in [-0.2, -0.15) is 5.26 Å². The molecule has 0 aliphatic rings. The van der Waals surface area contributed by atoms with Crippen molar-refractivity contribution in [1.29, 1.82) is 5.26 Å². The lowest BCUT2D eigenvalue weighted by molar-refractivity contribution is 1.16. The molecule has 0 atom stereocenters. The maximum absolute atomic E-state index is 10.5. The molecule has 242 valence electrons. The topological polar surface area (TPSA) is 59.4 Å². The summed E-state index contributed by atoms with van der Waals surface area (Å²) in [6.45, 7) is 0. The van der Waals surface area contributed by atoms with Gasteiger partial charge in [-0.15, -0.1) is 0 Å². The number of hydrogen-bond acceptors (Lipinski definition) is 3. The monoisotopic (exact) mass is 663 g/mol. The van der Waals surface area contributed by atoms with Gasteiger partial charge in [0.15, 0.2) is 5.82 Å². The first kappa shape index (κ1) is 29.6. The van der Waals surface area contributed by atoms with Crippen molar-refractivity contribution in [3.8, 4) is 51.3 Å². The Labute approximate surface area is 299 Å². The second-order valence-electron chi connectivity index (χ2n) is 12.9. The third-order valence-electron chi connectivity index (χ3n) is 9.97. The van der Waals surface area contributed by atoms with E-state index in [-0.39, 0.29) is 0 Å². The van der Waals surface area contributed by atoms with E-state index in [1.165, 1.54) is 27.2 Å². The maximum atomic E-state index is 10.5. The van der Waals surface area contributed by atoms with E-state index in [1.807, 2.05) is 60.7 Å². The summed E-state index contributed by atoms with van der Waals surface area (Å²) in [4.78, 5) is 10.2. The van der Waals surface area contributed by atoms with Crippen LogP contribution in [-0.2, 0) is 0 Å². The number of fused-ring (bicyclic) bond motifs is 7. The molecule has 3 heterocycles. The SMILES string of the molecule is N#Cc1c(-c2ccccc2)nc(-c2ccc3c4c(ccc5c6ccccc6n(-c6ccccc6)c54)n(-c4ccccc4)c3c2)nc1-c1ccccc1. The van der Waals surface area contributed by atoms with Crippen LogP contribution in [0.3, 0.4) is 0 Å². The highest BCUT2D eigenvalue weighted by atomic mass is 15.0. The van der Waals surface area contributed by atoms with Crippen LogP contribution < -0.4 is 0 Å². The largest absolute Gasteiger partial charge is 0.309 e. The lowest BCUT2D eigenvalue weighted by atomic mass is 10.00. The number of para-hydroxylation sites is 3. The zero-order chi connectivity index (χ0) is 34.6. The molecule has 52 heavy (non-hydrogen) atoms. The van der Waals surface area contributed by atoms with Crippen LogP contribution in [-0.4, -0.2) is 19.1 Å². The van der Waals surface area contributed by atoms with E-state index in [2.05, 4.69) is 130 Å². The Morgan fingerprint density at radius 1 is 0.423 bits per heavy atom. The predicted octanol–water partition coefficient (Wildman–Crippen LogP) is 11.5. The number of nitriles is 1. The summed E-state index contributed by atoms with van der Waals surface area (Å²) in [7, 11) is 0. The summed E-state index contributed by atoms with van der Waals surface area (Å²) < 4.78 is 4.75. The molecule has 0 unspecified atom stereocenters. The van der Waals surface area contributed by atoms with Crippen molar-refractivity contribution in [2.24, 2.45) is 0 Å². The van der Waals surface area contributed by atoms with E-state index < -0.39 is 0 Å². The molecule has 0 fully saturated rings. The molecule has 0 aliphatic carbocycles. The standard InChI is InChI=1S/C47H29N5/c48-30-39-44(31-15-5-1-6-16-31)49-47(50-45(39)32-17-7-2-8-18-32)33-25-26-38-42(29-33)51(34-19-9-3-10-20-34)41-28-27-37-36-23-13-14-24-40(36)52(46(37)43(38)41)35-21-11-4-12-22-35/h1-29H. The van der Waals surface area contributed by atoms with Crippen molar-refractivity contribution in [3.05, 3.63) is 181 Å². The summed E-state index contributed by atoms with van der Waals surface area (Å²) in [6, 6.07) is 63.1. The molecule has 5 nitrogen and oxygen atoms in total. The van der Waals surface area contributed by atoms with Crippen molar-refractivity contribution in [2.75, 3.05) is 0 Å². The Kier molecular flexibility index (Phi) is 6.80. The zero-order valence-corrected chi connectivity index (χ0v) is 28.0. The molecule has 0 bridgehead atoms. The fourth-order valence-electron chi connectivity index (χ4n) is 7.70. The molecular formula is C47H29N5. The van der Waals surface area contributed by atoms with Crippen molar-refractivity contribution in [1.82, 2.24) is 19.1 Å². The van der Waals surface area contributed by atoms with Crippen molar-refractivity contribution >= 4 is 43.6 Å². The summed E-state index contributed by atoms with van der Waals surface area (Å²) >= 11 is 0. The molecule has 0 radical (unpaired) electrons. The van der Waals surface area contributed by atoms with E-state index in [4.69, 9.17) is 9.97 Å². The minimum atomic E-state index is 0.455. The van der Waals surface area contributed by atoms with Gasteiger partial charge in [-0.05, 0) is 42.5 Å². The van der Waals surface area contributed by atoms with Gasteiger partial charge in [-0.3, -0.25) is 0 Å². The van der Waals surface area contributed by atoms with Gasteiger partial charge in [0.1, 0.15) is 11.6 Å². The lowest BCUT2D eigenvalue weighted by Gasteiger charge is -2.13. The van der Waals surface area contributed by atoms with Crippen LogP contribution in [0.5, 0.6) is 0 Å². The summed E-state index contributed by atoms with van der Waals surface area (Å²) in [5, 5.41) is 15.2. The number of rotatable bonds is 5. The first-order chi connectivity index (χ1) is 25.8. The number of aromatic nitrogens is 4. The molecule has 0 amide bonds. The van der Waals surface area contributed by atoms with E-state index >= 15 is 0 Å². The number of benzene rings is 7. The first-order valence-corrected chi connectivity index (χ1v) is 17.3. The van der Waals surface area contributed by atoms with Gasteiger partial charge in [-0.1, -0.05) is 133 Å². The highest BCUT2D eigenvalue weighted by Crippen LogP contribution is 2.43. The molecule has 10 aromatic rings. The van der Waals surface area contributed by atoms with Crippen molar-refractivity contribution in [2.45, 2.75) is 0 Å². The van der Waals surface area contributed by atoms with E-state index in [0.29, 0.717) is 22.8 Å². The number of hydrogen-bond donors (Lipinski definition) is 0. The van der Waals surface area contributed by atoms with Crippen LogP contribution in [0.1, 0.15) is 5.56 Å². The van der Waals surface area contributed by atoms with Crippen molar-refractivity contribution in [3.63, 3.8) is 0 Å². The zero-order valence-electron chi connectivity index (χ0n) is 28.0. The fraction of sp³-hybridized carbons (Fsp3) is 0. The van der Waals surface area contributed by atoms with Crippen LogP contribution in [0.2, 0.25) is 0 Å². The first-order valence-electron chi connectivity index (χ1n) is 17.3. The molecule has 3 aromatic heterocycles. The van der Waals surface area contributed by atoms with Gasteiger partial charge in [0, 0.05) is 49.6 Å². The summed E-state index contributed by atoms with van der Waals surface area (Å²) in [6.07, 6.45) is 0. The Balaban J connectivity index is 1.32. The van der Waals surface area contributed by atoms with Crippen LogP contribution in [0.25, 0.3) is 88.9 Å². The van der Waals surface area contributed by atoms with Crippen LogP contribution >= 0.6 is 0 Å². The molecule has 7 aromatic carbocycles. The van der Waals surface area contributed by atoms with Gasteiger partial charge in [0.2, 0.25) is 0 Å². The van der Waals surface area contributed by atoms with Crippen LogP contribution in [0.4, 0.5) is 0 Å². The maximum Gasteiger partial charge on any atom is 0.160 e. The molecule has 0 saturated heterocycles. The molecule has 5 heteroatoms. The predicted molar refractivity (Wildman–Crippen MR) is 212 cm³/mol. The Bertz CT molecular complexity index is 2930. The third-order valence-corrected chi connectivity index (χ3v) is 9.97. The molecule has 0 aliphatic heterocycles. The van der Waals surface area contributed by atoms with E-state index in [1.54, 1.807) is 0 Å². The molecule has 10 rings (SSSR count). The summed E-state index contributed by atoms with van der Waals surface area (Å²) in [5.74, 6) is 0.562.